The topological polar surface area (TPSA) is 38.3 Å². The molecule has 1 amide bonds. The van der Waals surface area contributed by atoms with E-state index in [0.29, 0.717) is 10.8 Å². The molecule has 1 aromatic carbocycles. The minimum absolute atomic E-state index is 0.117. The fraction of sp³-hybridized carbons (Fsp3) is 0.533. The molecule has 0 saturated heterocycles. The van der Waals surface area contributed by atoms with E-state index in [1.165, 1.54) is 0 Å². The van der Waals surface area contributed by atoms with Gasteiger partial charge in [-0.2, -0.15) is 0 Å². The van der Waals surface area contributed by atoms with Crippen LogP contribution in [0.15, 0.2) is 24.3 Å². The van der Waals surface area contributed by atoms with Crippen molar-refractivity contribution in [1.82, 2.24) is 5.32 Å². The maximum absolute atomic E-state index is 12.2. The van der Waals surface area contributed by atoms with Crippen molar-refractivity contribution >= 4 is 33.4 Å². The van der Waals surface area contributed by atoms with Crippen molar-refractivity contribution < 1.29 is 9.53 Å². The van der Waals surface area contributed by atoms with Crippen LogP contribution >= 0.6 is 27.5 Å². The van der Waals surface area contributed by atoms with E-state index in [2.05, 4.69) is 35.1 Å². The third kappa shape index (κ3) is 4.67. The van der Waals surface area contributed by atoms with Crippen LogP contribution in [0.5, 0.6) is 5.75 Å². The van der Waals surface area contributed by atoms with Crippen LogP contribution in [0.25, 0.3) is 0 Å². The molecule has 0 fully saturated rings. The highest BCUT2D eigenvalue weighted by molar-refractivity contribution is 9.09. The number of carbonyl (C=O) groups excluding carboxylic acids is 1. The molecule has 0 aromatic heterocycles. The normalized spacial score (nSPS) is 12.8. The molecule has 0 saturated carbocycles. The predicted octanol–water partition coefficient (Wildman–Crippen LogP) is 4.18. The zero-order chi connectivity index (χ0) is 15.2. The van der Waals surface area contributed by atoms with Gasteiger partial charge in [-0.15, -0.1) is 0 Å². The first-order chi connectivity index (χ1) is 9.46. The first-order valence-corrected chi connectivity index (χ1v) is 8.26. The summed E-state index contributed by atoms with van der Waals surface area (Å²) in [5, 5.41) is 4.39. The first-order valence-electron chi connectivity index (χ1n) is 6.76. The number of alkyl halides is 1. The highest BCUT2D eigenvalue weighted by Gasteiger charge is 2.29. The molecule has 20 heavy (non-hydrogen) atoms. The molecule has 112 valence electrons. The van der Waals surface area contributed by atoms with Crippen molar-refractivity contribution in [1.29, 1.82) is 0 Å². The van der Waals surface area contributed by atoms with Crippen LogP contribution in [0.4, 0.5) is 0 Å². The van der Waals surface area contributed by atoms with E-state index in [4.69, 9.17) is 16.3 Å². The van der Waals surface area contributed by atoms with E-state index >= 15 is 0 Å². The van der Waals surface area contributed by atoms with E-state index in [0.717, 1.165) is 18.2 Å². The monoisotopic (exact) mass is 361 g/mol. The molecule has 0 aliphatic rings. The molecule has 1 atom stereocenters. The molecule has 1 aromatic rings. The number of ether oxygens (including phenoxy) is 1. The summed E-state index contributed by atoms with van der Waals surface area (Å²) in [5.41, 5.74) is -0.219. The molecule has 1 rings (SSSR count). The van der Waals surface area contributed by atoms with Crippen molar-refractivity contribution in [3.63, 3.8) is 0 Å². The Morgan fingerprint density at radius 3 is 2.60 bits per heavy atom. The minimum atomic E-state index is -0.565. The second-order valence-electron chi connectivity index (χ2n) is 4.83. The van der Waals surface area contributed by atoms with Gasteiger partial charge in [0.2, 0.25) is 0 Å². The van der Waals surface area contributed by atoms with Gasteiger partial charge >= 0.3 is 0 Å². The van der Waals surface area contributed by atoms with Crippen molar-refractivity contribution in [2.45, 2.75) is 45.3 Å². The lowest BCUT2D eigenvalue weighted by Crippen LogP contribution is -2.52. The molecule has 0 radical (unpaired) electrons. The Labute approximate surface area is 134 Å². The Hall–Kier alpha value is -0.740. The second-order valence-corrected chi connectivity index (χ2v) is 5.82. The van der Waals surface area contributed by atoms with E-state index in [9.17, 15) is 4.79 Å². The van der Waals surface area contributed by atoms with E-state index in [1.807, 2.05) is 0 Å². The van der Waals surface area contributed by atoms with Crippen LogP contribution in [0.3, 0.4) is 0 Å². The van der Waals surface area contributed by atoms with Gasteiger partial charge in [0.15, 0.2) is 6.10 Å². The van der Waals surface area contributed by atoms with Crippen LogP contribution in [-0.2, 0) is 4.79 Å². The van der Waals surface area contributed by atoms with Crippen molar-refractivity contribution in [3.8, 4) is 5.75 Å². The van der Waals surface area contributed by atoms with Crippen LogP contribution < -0.4 is 10.1 Å². The van der Waals surface area contributed by atoms with Gasteiger partial charge < -0.3 is 10.1 Å². The fourth-order valence-electron chi connectivity index (χ4n) is 1.81. The SMILES string of the molecule is CCC(CC)(CBr)NC(=O)C(C)Oc1cccc(Cl)c1. The quantitative estimate of drug-likeness (QED) is 0.739. The molecule has 0 spiro atoms. The molecule has 5 heteroatoms. The summed E-state index contributed by atoms with van der Waals surface area (Å²) in [6, 6.07) is 7.04. The third-order valence-corrected chi connectivity index (χ3v) is 4.78. The summed E-state index contributed by atoms with van der Waals surface area (Å²) in [6.45, 7) is 5.86. The number of hydrogen-bond acceptors (Lipinski definition) is 2. The molecule has 0 heterocycles. The minimum Gasteiger partial charge on any atom is -0.481 e. The van der Waals surface area contributed by atoms with Crippen LogP contribution in [0.2, 0.25) is 5.02 Å². The number of carbonyl (C=O) groups is 1. The summed E-state index contributed by atoms with van der Waals surface area (Å²) in [4.78, 5) is 12.2. The Morgan fingerprint density at radius 1 is 1.45 bits per heavy atom. The molecule has 0 aliphatic heterocycles. The lowest BCUT2D eigenvalue weighted by Gasteiger charge is -2.32. The Kier molecular flexibility index (Phi) is 6.83. The van der Waals surface area contributed by atoms with Gasteiger partial charge in [-0.3, -0.25) is 4.79 Å². The second kappa shape index (κ2) is 7.89. The molecule has 0 bridgehead atoms. The van der Waals surface area contributed by atoms with Crippen LogP contribution in [-0.4, -0.2) is 22.9 Å². The van der Waals surface area contributed by atoms with Gasteiger partial charge in [-0.05, 0) is 38.0 Å². The maximum Gasteiger partial charge on any atom is 0.261 e. The Bertz CT molecular complexity index is 441. The average molecular weight is 363 g/mol. The average Bonchev–Trinajstić information content (AvgIpc) is 2.44. The number of rotatable bonds is 7. The highest BCUT2D eigenvalue weighted by Crippen LogP contribution is 2.20. The summed E-state index contributed by atoms with van der Waals surface area (Å²) in [6.07, 6.45) is 1.17. The number of amides is 1. The molecule has 1 unspecified atom stereocenters. The molecule has 3 nitrogen and oxygen atoms in total. The van der Waals surface area contributed by atoms with E-state index in [1.54, 1.807) is 31.2 Å². The number of nitrogens with one attached hydrogen (secondary N) is 1. The Balaban J connectivity index is 2.67. The number of hydrogen-bond donors (Lipinski definition) is 1. The Morgan fingerprint density at radius 2 is 2.10 bits per heavy atom. The lowest BCUT2D eigenvalue weighted by molar-refractivity contribution is -0.129. The summed E-state index contributed by atoms with van der Waals surface area (Å²) >= 11 is 9.37. The lowest BCUT2D eigenvalue weighted by atomic mass is 9.95. The van der Waals surface area contributed by atoms with E-state index < -0.39 is 6.10 Å². The zero-order valence-corrected chi connectivity index (χ0v) is 14.4. The largest absolute Gasteiger partial charge is 0.481 e. The first kappa shape index (κ1) is 17.3. The zero-order valence-electron chi connectivity index (χ0n) is 12.1. The third-order valence-electron chi connectivity index (χ3n) is 3.48. The molecular weight excluding hydrogens is 342 g/mol. The predicted molar refractivity (Wildman–Crippen MR) is 86.8 cm³/mol. The molecule has 0 aliphatic carbocycles. The van der Waals surface area contributed by atoms with Gasteiger partial charge in [-0.1, -0.05) is 47.4 Å². The van der Waals surface area contributed by atoms with Gasteiger partial charge in [0.25, 0.3) is 5.91 Å². The van der Waals surface area contributed by atoms with Crippen molar-refractivity contribution in [2.75, 3.05) is 5.33 Å². The van der Waals surface area contributed by atoms with Gasteiger partial charge in [0, 0.05) is 15.9 Å². The number of halogens is 2. The smallest absolute Gasteiger partial charge is 0.261 e. The van der Waals surface area contributed by atoms with Crippen LogP contribution in [0, 0.1) is 0 Å². The number of benzene rings is 1. The van der Waals surface area contributed by atoms with Crippen LogP contribution in [0.1, 0.15) is 33.6 Å². The fourth-order valence-corrected chi connectivity index (χ4v) is 2.92. The molecular formula is C15H21BrClNO2. The summed E-state index contributed by atoms with van der Waals surface area (Å²) in [7, 11) is 0. The molecule has 1 N–H and O–H groups in total. The van der Waals surface area contributed by atoms with Gasteiger partial charge in [-0.25, -0.2) is 0 Å². The standard InChI is InChI=1S/C15H21BrClNO2/c1-4-15(5-2,10-16)18-14(19)11(3)20-13-8-6-7-12(17)9-13/h6-9,11H,4-5,10H2,1-3H3,(H,18,19). The highest BCUT2D eigenvalue weighted by atomic mass is 79.9. The van der Waals surface area contributed by atoms with E-state index in [-0.39, 0.29) is 11.4 Å². The maximum atomic E-state index is 12.2. The van der Waals surface area contributed by atoms with Crippen molar-refractivity contribution in [3.05, 3.63) is 29.3 Å². The van der Waals surface area contributed by atoms with Crippen molar-refractivity contribution in [2.24, 2.45) is 0 Å². The summed E-state index contributed by atoms with van der Waals surface area (Å²) < 4.78 is 5.62. The van der Waals surface area contributed by atoms with Gasteiger partial charge in [0.05, 0.1) is 0 Å². The van der Waals surface area contributed by atoms with Gasteiger partial charge in [0.1, 0.15) is 5.75 Å². The summed E-state index contributed by atoms with van der Waals surface area (Å²) in [5.74, 6) is 0.478.